The lowest BCUT2D eigenvalue weighted by Crippen LogP contribution is -2.29. The van der Waals surface area contributed by atoms with E-state index in [1.54, 1.807) is 47.9 Å². The number of pyridine rings is 1. The lowest BCUT2D eigenvalue weighted by molar-refractivity contribution is -0.595. The molecule has 11 rings (SSSR count). The molecular formula is C72H63N14O3+. The summed E-state index contributed by atoms with van der Waals surface area (Å²) in [6.07, 6.45) is 23.0. The SMILES string of the molecule is CN(Cc1ccc(C#Cc2cc(C(=O)NCCCc3cn[nH]c3)ccc2-n2cnnc2)cc1)c1ccc(C(=O)NCCCc2cn[nH]c2)cc1C#Cc1ccc(-[n+]2cccc(-c3ccc(C(=O)NCCCc4cn[nH]c4)cc3C#Cc3ccccc3)c2)cc1. The van der Waals surface area contributed by atoms with Crippen molar-refractivity contribution in [2.24, 2.45) is 0 Å². The van der Waals surface area contributed by atoms with Gasteiger partial charge < -0.3 is 20.9 Å². The predicted molar refractivity (Wildman–Crippen MR) is 342 cm³/mol. The average Bonchev–Trinajstić information content (AvgIpc) is 1.92. The van der Waals surface area contributed by atoms with Crippen molar-refractivity contribution in [1.29, 1.82) is 0 Å². The van der Waals surface area contributed by atoms with Gasteiger partial charge in [-0.25, -0.2) is 0 Å². The van der Waals surface area contributed by atoms with Crippen LogP contribution in [0.3, 0.4) is 0 Å². The Balaban J connectivity index is 0.799. The molecule has 0 saturated heterocycles. The fourth-order valence-electron chi connectivity index (χ4n) is 10.0. The van der Waals surface area contributed by atoms with Crippen LogP contribution in [-0.2, 0) is 25.8 Å². The molecule has 5 aromatic heterocycles. The molecule has 3 amide bonds. The second-order valence-corrected chi connectivity index (χ2v) is 21.2. The molecule has 0 bridgehead atoms. The molecule has 6 aromatic carbocycles. The van der Waals surface area contributed by atoms with E-state index < -0.39 is 0 Å². The number of aryl methyl sites for hydroxylation is 3. The zero-order valence-electron chi connectivity index (χ0n) is 49.0. The summed E-state index contributed by atoms with van der Waals surface area (Å²) in [4.78, 5) is 42.5. The molecule has 0 radical (unpaired) electrons. The number of nitrogens with one attached hydrogen (secondary N) is 6. The van der Waals surface area contributed by atoms with Gasteiger partial charge in [0, 0.05) is 131 Å². The Morgan fingerprint density at radius 3 is 1.56 bits per heavy atom. The van der Waals surface area contributed by atoms with Crippen molar-refractivity contribution in [2.45, 2.75) is 45.1 Å². The molecular weight excluding hydrogens is 1110 g/mol. The monoisotopic (exact) mass is 1170 g/mol. The Bertz CT molecular complexity index is 4380. The average molecular weight is 1170 g/mol. The minimum absolute atomic E-state index is 0.157. The summed E-state index contributed by atoms with van der Waals surface area (Å²) in [6.45, 7) is 2.09. The smallest absolute Gasteiger partial charge is 0.251 e. The summed E-state index contributed by atoms with van der Waals surface area (Å²) >= 11 is 0. The largest absolute Gasteiger partial charge is 0.369 e. The van der Waals surface area contributed by atoms with Crippen LogP contribution in [0.1, 0.15) is 106 Å². The van der Waals surface area contributed by atoms with Gasteiger partial charge in [-0.3, -0.25) is 34.2 Å². The van der Waals surface area contributed by atoms with E-state index in [2.05, 4.69) is 108 Å². The Morgan fingerprint density at radius 1 is 0.506 bits per heavy atom. The van der Waals surface area contributed by atoms with Crippen molar-refractivity contribution in [3.8, 4) is 58.0 Å². The highest BCUT2D eigenvalue weighted by atomic mass is 16.2. The van der Waals surface area contributed by atoms with Crippen LogP contribution < -0.4 is 25.4 Å². The first-order valence-corrected chi connectivity index (χ1v) is 29.3. The van der Waals surface area contributed by atoms with E-state index in [1.165, 1.54) is 0 Å². The quantitative estimate of drug-likeness (QED) is 0.0230. The van der Waals surface area contributed by atoms with E-state index in [1.807, 2.05) is 165 Å². The van der Waals surface area contributed by atoms with Crippen LogP contribution in [0.25, 0.3) is 22.5 Å². The minimum atomic E-state index is -0.181. The summed E-state index contributed by atoms with van der Waals surface area (Å²) in [7, 11) is 2.01. The zero-order chi connectivity index (χ0) is 61.0. The van der Waals surface area contributed by atoms with Gasteiger partial charge in [-0.05, 0) is 152 Å². The molecule has 0 spiro atoms. The maximum atomic E-state index is 13.6. The first-order valence-electron chi connectivity index (χ1n) is 29.3. The van der Waals surface area contributed by atoms with Crippen molar-refractivity contribution in [3.05, 3.63) is 280 Å². The molecule has 438 valence electrons. The van der Waals surface area contributed by atoms with Gasteiger partial charge in [0.05, 0.1) is 30.0 Å². The molecule has 0 fully saturated rings. The van der Waals surface area contributed by atoms with Crippen molar-refractivity contribution in [3.63, 3.8) is 0 Å². The molecule has 0 saturated carbocycles. The standard InChI is InChI=1S/C72H62N14O3/c1-84(48-55-17-15-53(16-18-55)21-26-61-41-64(29-34-69(61)86-50-82-83-51-86)72(89)75-37-7-13-58-46-80-81-47-58)68-33-28-63(71(88)74-36-6-12-57-44-78-79-45-57)40-60(68)25-20-54-22-30-66(31-23-54)85-38-8-14-65(49-85)67-32-27-62(39-59(67)24-19-52-9-3-2-4-10-52)70(87)73-35-5-11-56-42-76-77-43-56/h2-4,8-10,14-18,22-23,27-34,38-47,49-51H,5-7,11-13,35-37,48H2,1H3,(H5-,73,74,75,76,77,78,79,80,81,87,88,89)/p+1. The van der Waals surface area contributed by atoms with Gasteiger partial charge in [-0.2, -0.15) is 19.9 Å². The van der Waals surface area contributed by atoms with Crippen LogP contribution in [0.5, 0.6) is 0 Å². The number of carbonyl (C=O) groups excluding carboxylic acids is 3. The van der Waals surface area contributed by atoms with E-state index in [0.717, 1.165) is 111 Å². The van der Waals surface area contributed by atoms with Crippen LogP contribution in [-0.4, -0.2) is 89.8 Å². The lowest BCUT2D eigenvalue weighted by atomic mass is 9.98. The molecule has 0 aliphatic heterocycles. The number of aromatic amines is 3. The first-order chi connectivity index (χ1) is 43.7. The third-order valence-electron chi connectivity index (χ3n) is 14.8. The number of nitrogens with zero attached hydrogens (tertiary/aromatic N) is 8. The van der Waals surface area contributed by atoms with Crippen LogP contribution >= 0.6 is 0 Å². The summed E-state index contributed by atoms with van der Waals surface area (Å²) < 4.78 is 3.82. The van der Waals surface area contributed by atoms with Crippen LogP contribution in [0.4, 0.5) is 5.69 Å². The van der Waals surface area contributed by atoms with Crippen LogP contribution in [0.2, 0.25) is 0 Å². The predicted octanol–water partition coefficient (Wildman–Crippen LogP) is 9.30. The number of carbonyl (C=O) groups is 3. The van der Waals surface area contributed by atoms with Gasteiger partial charge in [0.15, 0.2) is 12.4 Å². The minimum Gasteiger partial charge on any atom is -0.369 e. The Morgan fingerprint density at radius 2 is 1.00 bits per heavy atom. The molecule has 89 heavy (non-hydrogen) atoms. The van der Waals surface area contributed by atoms with E-state index in [4.69, 9.17) is 0 Å². The summed E-state index contributed by atoms with van der Waals surface area (Å²) in [5.74, 6) is 19.6. The highest BCUT2D eigenvalue weighted by Crippen LogP contribution is 2.26. The second kappa shape index (κ2) is 29.3. The highest BCUT2D eigenvalue weighted by molar-refractivity contribution is 5.96. The fourth-order valence-corrected chi connectivity index (χ4v) is 10.0. The summed E-state index contributed by atoms with van der Waals surface area (Å²) in [6, 6.07) is 46.7. The zero-order valence-corrected chi connectivity index (χ0v) is 49.0. The molecule has 0 atom stereocenters. The number of amides is 3. The number of benzene rings is 6. The third-order valence-corrected chi connectivity index (χ3v) is 14.8. The summed E-state index contributed by atoms with van der Waals surface area (Å²) in [5, 5.41) is 37.7. The molecule has 11 aromatic rings. The van der Waals surface area contributed by atoms with Crippen molar-refractivity contribution in [2.75, 3.05) is 31.6 Å². The van der Waals surface area contributed by atoms with Gasteiger partial charge in [0.2, 0.25) is 5.69 Å². The number of H-pyrrole nitrogens is 3. The summed E-state index contributed by atoms with van der Waals surface area (Å²) in [5.41, 5.74) is 14.7. The Labute approximate surface area is 516 Å². The molecule has 6 N–H and O–H groups in total. The molecule has 0 aliphatic carbocycles. The maximum Gasteiger partial charge on any atom is 0.251 e. The van der Waals surface area contributed by atoms with E-state index in [-0.39, 0.29) is 17.7 Å². The molecule has 17 nitrogen and oxygen atoms in total. The number of hydrogen-bond acceptors (Lipinski definition) is 9. The van der Waals surface area contributed by atoms with Crippen LogP contribution in [0, 0.1) is 35.5 Å². The fraction of sp³-hybridized carbons (Fsp3) is 0.153. The Hall–Kier alpha value is -11.9. The van der Waals surface area contributed by atoms with Gasteiger partial charge in [0.25, 0.3) is 17.7 Å². The topological polar surface area (TPSA) is 211 Å². The normalized spacial score (nSPS) is 10.6. The second-order valence-electron chi connectivity index (χ2n) is 21.2. The van der Waals surface area contributed by atoms with Gasteiger partial charge in [-0.1, -0.05) is 71.9 Å². The van der Waals surface area contributed by atoms with Crippen molar-refractivity contribution < 1.29 is 19.0 Å². The van der Waals surface area contributed by atoms with Gasteiger partial charge in [0.1, 0.15) is 12.7 Å². The van der Waals surface area contributed by atoms with E-state index in [0.29, 0.717) is 54.0 Å². The maximum absolute atomic E-state index is 13.6. The molecule has 17 heteroatoms. The first kappa shape index (κ1) is 58.9. The number of rotatable bonds is 21. The van der Waals surface area contributed by atoms with Gasteiger partial charge in [-0.15, -0.1) is 10.2 Å². The van der Waals surface area contributed by atoms with E-state index >= 15 is 0 Å². The Kier molecular flexibility index (Phi) is 19.4. The number of aromatic nitrogens is 10. The molecule has 0 aliphatic rings. The van der Waals surface area contributed by atoms with Crippen molar-refractivity contribution >= 4 is 23.4 Å². The molecule has 0 unspecified atom stereocenters. The lowest BCUT2D eigenvalue weighted by Gasteiger charge is -2.22. The number of anilines is 1. The van der Waals surface area contributed by atoms with Gasteiger partial charge >= 0.3 is 0 Å². The molecule has 5 heterocycles. The van der Waals surface area contributed by atoms with Crippen molar-refractivity contribution in [1.82, 2.24) is 61.3 Å². The van der Waals surface area contributed by atoms with E-state index in [9.17, 15) is 14.4 Å². The number of hydrogen-bond donors (Lipinski definition) is 6. The third kappa shape index (κ3) is 16.1. The van der Waals surface area contributed by atoms with Crippen LogP contribution in [0.15, 0.2) is 208 Å². The highest BCUT2D eigenvalue weighted by Gasteiger charge is 2.17.